The highest BCUT2D eigenvalue weighted by Gasteiger charge is 2.23. The zero-order chi connectivity index (χ0) is 13.3. The Kier molecular flexibility index (Phi) is 8.65. The molecule has 0 heterocycles. The SMILES string of the molecule is C=C.CCC(=O)CC1CCC(CC(C)=O)CC1. The lowest BCUT2D eigenvalue weighted by atomic mass is 9.78. The average Bonchev–Trinajstić information content (AvgIpc) is 2.33. The van der Waals surface area contributed by atoms with Gasteiger partial charge < -0.3 is 4.79 Å². The Bertz CT molecular complexity index is 237. The van der Waals surface area contributed by atoms with Gasteiger partial charge in [0.05, 0.1) is 0 Å². The Morgan fingerprint density at radius 3 is 1.76 bits per heavy atom. The normalized spacial score (nSPS) is 23.4. The van der Waals surface area contributed by atoms with E-state index in [1.807, 2.05) is 6.92 Å². The van der Waals surface area contributed by atoms with E-state index < -0.39 is 0 Å². The van der Waals surface area contributed by atoms with E-state index >= 15 is 0 Å². The molecule has 1 fully saturated rings. The molecule has 0 unspecified atom stereocenters. The second-order valence-corrected chi connectivity index (χ2v) is 4.89. The van der Waals surface area contributed by atoms with E-state index in [0.29, 0.717) is 29.8 Å². The van der Waals surface area contributed by atoms with E-state index in [1.165, 1.54) is 0 Å². The van der Waals surface area contributed by atoms with Crippen LogP contribution in [0.4, 0.5) is 0 Å². The summed E-state index contributed by atoms with van der Waals surface area (Å²) in [6, 6.07) is 0. The minimum atomic E-state index is 0.308. The van der Waals surface area contributed by atoms with Crippen LogP contribution in [0.1, 0.15) is 58.8 Å². The van der Waals surface area contributed by atoms with Gasteiger partial charge in [-0.05, 0) is 44.4 Å². The first kappa shape index (κ1) is 16.1. The molecule has 98 valence electrons. The van der Waals surface area contributed by atoms with Gasteiger partial charge in [-0.3, -0.25) is 4.79 Å². The maximum Gasteiger partial charge on any atom is 0.132 e. The lowest BCUT2D eigenvalue weighted by molar-refractivity contribution is -0.121. The highest BCUT2D eigenvalue weighted by atomic mass is 16.1. The van der Waals surface area contributed by atoms with Crippen LogP contribution in [0.15, 0.2) is 13.2 Å². The first-order valence-electron chi connectivity index (χ1n) is 6.63. The molecule has 0 aromatic carbocycles. The monoisotopic (exact) mass is 238 g/mol. The van der Waals surface area contributed by atoms with Crippen LogP contribution in [-0.4, -0.2) is 11.6 Å². The smallest absolute Gasteiger partial charge is 0.132 e. The zero-order valence-electron chi connectivity index (χ0n) is 11.3. The van der Waals surface area contributed by atoms with Gasteiger partial charge in [0, 0.05) is 19.3 Å². The van der Waals surface area contributed by atoms with Crippen LogP contribution < -0.4 is 0 Å². The Labute approximate surface area is 105 Å². The van der Waals surface area contributed by atoms with E-state index in [-0.39, 0.29) is 0 Å². The predicted molar refractivity (Wildman–Crippen MR) is 71.9 cm³/mol. The van der Waals surface area contributed by atoms with Gasteiger partial charge >= 0.3 is 0 Å². The summed E-state index contributed by atoms with van der Waals surface area (Å²) in [5.41, 5.74) is 0. The van der Waals surface area contributed by atoms with Crippen molar-refractivity contribution in [3.8, 4) is 0 Å². The van der Waals surface area contributed by atoms with Gasteiger partial charge in [-0.15, -0.1) is 13.2 Å². The maximum atomic E-state index is 11.3. The van der Waals surface area contributed by atoms with Crippen molar-refractivity contribution in [2.45, 2.75) is 58.8 Å². The molecule has 1 saturated carbocycles. The van der Waals surface area contributed by atoms with Gasteiger partial charge in [0.1, 0.15) is 11.6 Å². The highest BCUT2D eigenvalue weighted by molar-refractivity contribution is 5.78. The van der Waals surface area contributed by atoms with Crippen LogP contribution in [0, 0.1) is 11.8 Å². The summed E-state index contributed by atoms with van der Waals surface area (Å²) in [7, 11) is 0. The maximum absolute atomic E-state index is 11.3. The number of carbonyl (C=O) groups is 2. The number of ketones is 2. The molecule has 0 N–H and O–H groups in total. The third-order valence-corrected chi connectivity index (χ3v) is 3.45. The summed E-state index contributed by atoms with van der Waals surface area (Å²) in [4.78, 5) is 22.2. The molecule has 1 aliphatic carbocycles. The van der Waals surface area contributed by atoms with Crippen LogP contribution in [0.5, 0.6) is 0 Å². The fraction of sp³-hybridized carbons (Fsp3) is 0.733. The van der Waals surface area contributed by atoms with E-state index in [2.05, 4.69) is 13.2 Å². The van der Waals surface area contributed by atoms with Crippen molar-refractivity contribution in [2.75, 3.05) is 0 Å². The fourth-order valence-corrected chi connectivity index (χ4v) is 2.51. The second-order valence-electron chi connectivity index (χ2n) is 4.89. The summed E-state index contributed by atoms with van der Waals surface area (Å²) in [6.07, 6.45) is 6.75. The fourth-order valence-electron chi connectivity index (χ4n) is 2.51. The standard InChI is InChI=1S/C13H22O2.C2H4/c1-3-13(15)9-12-6-4-11(5-7-12)8-10(2)14;1-2/h11-12H,3-9H2,1-2H3;1-2H2. The topological polar surface area (TPSA) is 34.1 Å². The molecular weight excluding hydrogens is 212 g/mol. The molecule has 0 bridgehead atoms. The van der Waals surface area contributed by atoms with Crippen molar-refractivity contribution in [2.24, 2.45) is 11.8 Å². The molecule has 1 rings (SSSR count). The summed E-state index contributed by atoms with van der Waals surface area (Å²) in [5.74, 6) is 1.89. The molecule has 0 amide bonds. The van der Waals surface area contributed by atoms with Crippen molar-refractivity contribution >= 4 is 11.6 Å². The first-order valence-corrected chi connectivity index (χ1v) is 6.63. The summed E-state index contributed by atoms with van der Waals surface area (Å²) in [5, 5.41) is 0. The third-order valence-electron chi connectivity index (χ3n) is 3.45. The highest BCUT2D eigenvalue weighted by Crippen LogP contribution is 2.32. The van der Waals surface area contributed by atoms with E-state index in [4.69, 9.17) is 0 Å². The van der Waals surface area contributed by atoms with Gasteiger partial charge in [0.15, 0.2) is 0 Å². The quantitative estimate of drug-likeness (QED) is 0.680. The molecule has 0 aromatic rings. The van der Waals surface area contributed by atoms with Crippen molar-refractivity contribution < 1.29 is 9.59 Å². The van der Waals surface area contributed by atoms with Crippen molar-refractivity contribution in [1.82, 2.24) is 0 Å². The lowest BCUT2D eigenvalue weighted by Gasteiger charge is -2.27. The van der Waals surface area contributed by atoms with Crippen LogP contribution in [0.3, 0.4) is 0 Å². The molecule has 17 heavy (non-hydrogen) atoms. The summed E-state index contributed by atoms with van der Waals surface area (Å²) in [6.45, 7) is 9.61. The van der Waals surface area contributed by atoms with E-state index in [1.54, 1.807) is 6.92 Å². The molecule has 2 nitrogen and oxygen atoms in total. The van der Waals surface area contributed by atoms with Crippen LogP contribution >= 0.6 is 0 Å². The molecule has 0 saturated heterocycles. The van der Waals surface area contributed by atoms with Crippen LogP contribution in [0.25, 0.3) is 0 Å². The predicted octanol–water partition coefficient (Wildman–Crippen LogP) is 3.94. The second kappa shape index (κ2) is 9.15. The molecule has 0 atom stereocenters. The van der Waals surface area contributed by atoms with Gasteiger partial charge in [-0.25, -0.2) is 0 Å². The third kappa shape index (κ3) is 7.09. The van der Waals surface area contributed by atoms with Crippen LogP contribution in [0.2, 0.25) is 0 Å². The molecule has 0 spiro atoms. The van der Waals surface area contributed by atoms with Gasteiger partial charge in [-0.1, -0.05) is 6.92 Å². The summed E-state index contributed by atoms with van der Waals surface area (Å²) >= 11 is 0. The molecule has 1 aliphatic rings. The van der Waals surface area contributed by atoms with Gasteiger partial charge in [-0.2, -0.15) is 0 Å². The lowest BCUT2D eigenvalue weighted by Crippen LogP contribution is -2.18. The Balaban J connectivity index is 0.00000121. The van der Waals surface area contributed by atoms with Crippen molar-refractivity contribution in [3.63, 3.8) is 0 Å². The average molecular weight is 238 g/mol. The molecule has 0 aromatic heterocycles. The largest absolute Gasteiger partial charge is 0.300 e. The van der Waals surface area contributed by atoms with Crippen LogP contribution in [-0.2, 0) is 9.59 Å². The zero-order valence-corrected chi connectivity index (χ0v) is 11.3. The number of rotatable bonds is 5. The number of hydrogen-bond acceptors (Lipinski definition) is 2. The first-order chi connectivity index (χ1) is 8.11. The minimum absolute atomic E-state index is 0.308. The Morgan fingerprint density at radius 1 is 1.00 bits per heavy atom. The van der Waals surface area contributed by atoms with Gasteiger partial charge in [0.2, 0.25) is 0 Å². The Hall–Kier alpha value is -0.920. The summed E-state index contributed by atoms with van der Waals surface area (Å²) < 4.78 is 0. The number of Topliss-reactive ketones (excluding diaryl/α,β-unsaturated/α-hetero) is 2. The van der Waals surface area contributed by atoms with Gasteiger partial charge in [0.25, 0.3) is 0 Å². The number of hydrogen-bond donors (Lipinski definition) is 0. The molecule has 0 aliphatic heterocycles. The van der Waals surface area contributed by atoms with Crippen molar-refractivity contribution in [1.29, 1.82) is 0 Å². The minimum Gasteiger partial charge on any atom is -0.300 e. The molecule has 2 heteroatoms. The van der Waals surface area contributed by atoms with Crippen molar-refractivity contribution in [3.05, 3.63) is 13.2 Å². The molecular formula is C15H26O2. The number of carbonyl (C=O) groups excluding carboxylic acids is 2. The van der Waals surface area contributed by atoms with E-state index in [9.17, 15) is 9.59 Å². The molecule has 0 radical (unpaired) electrons. The van der Waals surface area contributed by atoms with E-state index in [0.717, 1.165) is 38.5 Å². The Morgan fingerprint density at radius 2 is 1.41 bits per heavy atom.